The van der Waals surface area contributed by atoms with Crippen molar-refractivity contribution in [3.05, 3.63) is 21.2 Å². The first-order valence-corrected chi connectivity index (χ1v) is 7.09. The lowest BCUT2D eigenvalue weighted by atomic mass is 10.1. The smallest absolute Gasteiger partial charge is 0.143 e. The summed E-state index contributed by atoms with van der Waals surface area (Å²) in [5, 5.41) is 3.42. The highest BCUT2D eigenvalue weighted by molar-refractivity contribution is 9.11. The number of hydrogen-bond donors (Lipinski definition) is 1. The Hall–Kier alpha value is -0.130. The predicted molar refractivity (Wildman–Crippen MR) is 73.9 cm³/mol. The largest absolute Gasteiger partial charge is 0.350 e. The quantitative estimate of drug-likeness (QED) is 0.890. The maximum Gasteiger partial charge on any atom is 0.143 e. The van der Waals surface area contributed by atoms with Gasteiger partial charge in [-0.3, -0.25) is 0 Å². The van der Waals surface area contributed by atoms with E-state index in [1.807, 2.05) is 6.20 Å². The van der Waals surface area contributed by atoms with Gasteiger partial charge in [0, 0.05) is 36.3 Å². The van der Waals surface area contributed by atoms with Crippen LogP contribution in [0.4, 0.5) is 5.82 Å². The third kappa shape index (κ3) is 2.57. The van der Waals surface area contributed by atoms with E-state index in [0.717, 1.165) is 40.8 Å². The third-order valence-electron chi connectivity index (χ3n) is 2.88. The Bertz CT molecular complexity index is 370. The fourth-order valence-electron chi connectivity index (χ4n) is 2.02. The molecule has 16 heavy (non-hydrogen) atoms. The van der Waals surface area contributed by atoms with Crippen molar-refractivity contribution in [1.29, 1.82) is 0 Å². The van der Waals surface area contributed by atoms with E-state index in [4.69, 9.17) is 0 Å². The molecule has 5 heteroatoms. The molecule has 0 radical (unpaired) electrons. The summed E-state index contributed by atoms with van der Waals surface area (Å²) in [6, 6.07) is 2.59. The van der Waals surface area contributed by atoms with Crippen molar-refractivity contribution in [2.24, 2.45) is 0 Å². The fourth-order valence-corrected chi connectivity index (χ4v) is 3.24. The molecule has 1 aromatic heterocycles. The lowest BCUT2D eigenvalue weighted by molar-refractivity contribution is 0.462. The molecule has 0 spiro atoms. The molecule has 0 aliphatic carbocycles. The van der Waals surface area contributed by atoms with Crippen molar-refractivity contribution >= 4 is 37.7 Å². The molecule has 1 aliphatic rings. The molecule has 1 aliphatic heterocycles. The Morgan fingerprint density at radius 2 is 2.38 bits per heavy atom. The zero-order valence-corrected chi connectivity index (χ0v) is 12.4. The Kier molecular flexibility index (Phi) is 4.21. The van der Waals surface area contributed by atoms with Crippen molar-refractivity contribution in [3.8, 4) is 0 Å². The Balaban J connectivity index is 2.27. The highest BCUT2D eigenvalue weighted by atomic mass is 79.9. The van der Waals surface area contributed by atoms with Crippen LogP contribution in [0.3, 0.4) is 0 Å². The number of nitrogens with one attached hydrogen (secondary N) is 1. The fraction of sp³-hybridized carbons (Fsp3) is 0.545. The Labute approximate surface area is 113 Å². The zero-order chi connectivity index (χ0) is 11.5. The molecule has 1 atom stereocenters. The maximum atomic E-state index is 4.50. The molecule has 1 aromatic rings. The van der Waals surface area contributed by atoms with Crippen LogP contribution < -0.4 is 10.2 Å². The topological polar surface area (TPSA) is 28.2 Å². The summed E-state index contributed by atoms with van der Waals surface area (Å²) in [7, 11) is 0. The number of rotatable bonds is 2. The van der Waals surface area contributed by atoms with Gasteiger partial charge in [-0.1, -0.05) is 6.92 Å². The van der Waals surface area contributed by atoms with Crippen LogP contribution in [-0.2, 0) is 0 Å². The molecule has 88 valence electrons. The van der Waals surface area contributed by atoms with Crippen LogP contribution in [0.15, 0.2) is 21.2 Å². The van der Waals surface area contributed by atoms with Crippen LogP contribution in [0.1, 0.15) is 13.3 Å². The Morgan fingerprint density at radius 1 is 1.56 bits per heavy atom. The molecular weight excluding hydrogens is 334 g/mol. The third-order valence-corrected chi connectivity index (χ3v) is 3.90. The van der Waals surface area contributed by atoms with Crippen LogP contribution in [-0.4, -0.2) is 30.7 Å². The molecule has 0 amide bonds. The summed E-state index contributed by atoms with van der Waals surface area (Å²) < 4.78 is 2.06. The lowest BCUT2D eigenvalue weighted by Crippen LogP contribution is -2.51. The average molecular weight is 349 g/mol. The van der Waals surface area contributed by atoms with Crippen molar-refractivity contribution in [2.45, 2.75) is 19.4 Å². The van der Waals surface area contributed by atoms with Crippen LogP contribution in [0.2, 0.25) is 0 Å². The number of aromatic nitrogens is 1. The standard InChI is InChI=1S/C11H15Br2N3/c1-2-9-7-14-3-4-16(9)11-10(13)5-8(12)6-15-11/h5-6,9,14H,2-4,7H2,1H3. The highest BCUT2D eigenvalue weighted by Crippen LogP contribution is 2.28. The summed E-state index contributed by atoms with van der Waals surface area (Å²) in [5.41, 5.74) is 0. The summed E-state index contributed by atoms with van der Waals surface area (Å²) in [4.78, 5) is 6.89. The minimum absolute atomic E-state index is 0.540. The molecule has 1 unspecified atom stereocenters. The van der Waals surface area contributed by atoms with Crippen molar-refractivity contribution in [3.63, 3.8) is 0 Å². The number of anilines is 1. The number of pyridine rings is 1. The maximum absolute atomic E-state index is 4.50. The molecular formula is C11H15Br2N3. The lowest BCUT2D eigenvalue weighted by Gasteiger charge is -2.37. The molecule has 0 aromatic carbocycles. The molecule has 1 N–H and O–H groups in total. The van der Waals surface area contributed by atoms with Gasteiger partial charge in [-0.25, -0.2) is 4.98 Å². The molecule has 1 fully saturated rings. The monoisotopic (exact) mass is 347 g/mol. The van der Waals surface area contributed by atoms with Gasteiger partial charge in [0.1, 0.15) is 5.82 Å². The van der Waals surface area contributed by atoms with Crippen molar-refractivity contribution < 1.29 is 0 Å². The molecule has 0 bridgehead atoms. The molecule has 2 rings (SSSR count). The van der Waals surface area contributed by atoms with Crippen molar-refractivity contribution in [1.82, 2.24) is 10.3 Å². The van der Waals surface area contributed by atoms with Crippen LogP contribution in [0, 0.1) is 0 Å². The van der Waals surface area contributed by atoms with Gasteiger partial charge < -0.3 is 10.2 Å². The number of piperazine rings is 1. The van der Waals surface area contributed by atoms with E-state index in [2.05, 4.69) is 60.1 Å². The second kappa shape index (κ2) is 5.47. The van der Waals surface area contributed by atoms with Crippen LogP contribution in [0.5, 0.6) is 0 Å². The number of halogens is 2. The first kappa shape index (κ1) is 12.3. The SMILES string of the molecule is CCC1CNCCN1c1ncc(Br)cc1Br. The summed E-state index contributed by atoms with van der Waals surface area (Å²) in [6.07, 6.45) is 2.99. The first-order valence-electron chi connectivity index (χ1n) is 5.50. The summed E-state index contributed by atoms with van der Waals surface area (Å²) in [5.74, 6) is 1.05. The molecule has 1 saturated heterocycles. The summed E-state index contributed by atoms with van der Waals surface area (Å²) >= 11 is 7.01. The van der Waals surface area contributed by atoms with E-state index in [1.165, 1.54) is 0 Å². The van der Waals surface area contributed by atoms with Gasteiger partial charge in [0.2, 0.25) is 0 Å². The summed E-state index contributed by atoms with van der Waals surface area (Å²) in [6.45, 7) is 5.31. The van der Waals surface area contributed by atoms with E-state index >= 15 is 0 Å². The van der Waals surface area contributed by atoms with Gasteiger partial charge in [-0.05, 0) is 44.3 Å². The highest BCUT2D eigenvalue weighted by Gasteiger charge is 2.23. The number of nitrogens with zero attached hydrogens (tertiary/aromatic N) is 2. The van der Waals surface area contributed by atoms with Gasteiger partial charge in [0.25, 0.3) is 0 Å². The second-order valence-electron chi connectivity index (χ2n) is 3.92. The predicted octanol–water partition coefficient (Wildman–Crippen LogP) is 2.79. The molecule has 3 nitrogen and oxygen atoms in total. The van der Waals surface area contributed by atoms with Crippen LogP contribution >= 0.6 is 31.9 Å². The van der Waals surface area contributed by atoms with E-state index in [0.29, 0.717) is 6.04 Å². The van der Waals surface area contributed by atoms with Crippen molar-refractivity contribution in [2.75, 3.05) is 24.5 Å². The minimum Gasteiger partial charge on any atom is -0.350 e. The minimum atomic E-state index is 0.540. The normalized spacial score (nSPS) is 21.2. The van der Waals surface area contributed by atoms with Gasteiger partial charge in [-0.15, -0.1) is 0 Å². The van der Waals surface area contributed by atoms with Gasteiger partial charge in [-0.2, -0.15) is 0 Å². The first-order chi connectivity index (χ1) is 7.72. The van der Waals surface area contributed by atoms with Gasteiger partial charge >= 0.3 is 0 Å². The second-order valence-corrected chi connectivity index (χ2v) is 5.69. The van der Waals surface area contributed by atoms with E-state index in [-0.39, 0.29) is 0 Å². The van der Waals surface area contributed by atoms with Crippen LogP contribution in [0.25, 0.3) is 0 Å². The van der Waals surface area contributed by atoms with Gasteiger partial charge in [0.05, 0.1) is 4.47 Å². The average Bonchev–Trinajstić information content (AvgIpc) is 2.29. The Morgan fingerprint density at radius 3 is 3.06 bits per heavy atom. The molecule has 2 heterocycles. The number of hydrogen-bond acceptors (Lipinski definition) is 3. The van der Waals surface area contributed by atoms with Gasteiger partial charge in [0.15, 0.2) is 0 Å². The van der Waals surface area contributed by atoms with E-state index in [1.54, 1.807) is 0 Å². The molecule has 0 saturated carbocycles. The van der Waals surface area contributed by atoms with E-state index in [9.17, 15) is 0 Å². The zero-order valence-electron chi connectivity index (χ0n) is 9.21. The van der Waals surface area contributed by atoms with E-state index < -0.39 is 0 Å².